The van der Waals surface area contributed by atoms with Gasteiger partial charge in [0, 0.05) is 30.5 Å². The highest BCUT2D eigenvalue weighted by Gasteiger charge is 2.15. The molecule has 0 saturated heterocycles. The van der Waals surface area contributed by atoms with Gasteiger partial charge in [-0.2, -0.15) is 0 Å². The van der Waals surface area contributed by atoms with Gasteiger partial charge >= 0.3 is 0 Å². The smallest absolute Gasteiger partial charge is 0.226 e. The van der Waals surface area contributed by atoms with E-state index < -0.39 is 0 Å². The second kappa shape index (κ2) is 6.77. The maximum atomic E-state index is 11.8. The van der Waals surface area contributed by atoms with Crippen molar-refractivity contribution >= 4 is 21.8 Å². The molecule has 0 fully saturated rings. The Hall–Kier alpha value is -0.870. The zero-order valence-electron chi connectivity index (χ0n) is 10.3. The lowest BCUT2D eigenvalue weighted by Gasteiger charge is -2.20. The van der Waals surface area contributed by atoms with E-state index in [2.05, 4.69) is 28.1 Å². The molecule has 1 aromatic carbocycles. The van der Waals surface area contributed by atoms with Gasteiger partial charge in [0.1, 0.15) is 0 Å². The van der Waals surface area contributed by atoms with Gasteiger partial charge in [0.2, 0.25) is 5.91 Å². The van der Waals surface area contributed by atoms with Gasteiger partial charge in [0.25, 0.3) is 0 Å². The van der Waals surface area contributed by atoms with E-state index in [9.17, 15) is 4.79 Å². The number of rotatable bonds is 5. The van der Waals surface area contributed by atoms with Crippen molar-refractivity contribution in [3.63, 3.8) is 0 Å². The second-order valence-corrected chi connectivity index (χ2v) is 5.19. The van der Waals surface area contributed by atoms with Crippen LogP contribution in [-0.2, 0) is 11.2 Å². The molecule has 1 atom stereocenters. The lowest BCUT2D eigenvalue weighted by molar-refractivity contribution is -0.133. The molecule has 17 heavy (non-hydrogen) atoms. The molecule has 2 N–H and O–H groups in total. The second-order valence-electron chi connectivity index (χ2n) is 4.28. The largest absolute Gasteiger partial charge is 0.345 e. The standard InChI is InChI=1S/C13H19BrN2O/c1-10(9-15)13(17)16(2)7-6-11-4-3-5-12(14)8-11/h3-5,8,10H,6-7,9,15H2,1-2H3. The topological polar surface area (TPSA) is 46.3 Å². The summed E-state index contributed by atoms with van der Waals surface area (Å²) in [6.45, 7) is 2.98. The highest BCUT2D eigenvalue weighted by molar-refractivity contribution is 9.10. The molecule has 4 heteroatoms. The third kappa shape index (κ3) is 4.48. The van der Waals surface area contributed by atoms with E-state index in [1.165, 1.54) is 5.56 Å². The molecular weight excluding hydrogens is 280 g/mol. The van der Waals surface area contributed by atoms with Crippen molar-refractivity contribution < 1.29 is 4.79 Å². The minimum absolute atomic E-state index is 0.0949. The lowest BCUT2D eigenvalue weighted by Crippen LogP contribution is -2.36. The molecule has 0 saturated carbocycles. The van der Waals surface area contributed by atoms with E-state index in [1.54, 1.807) is 4.90 Å². The monoisotopic (exact) mass is 298 g/mol. The van der Waals surface area contributed by atoms with Gasteiger partial charge in [-0.3, -0.25) is 4.79 Å². The number of halogens is 1. The molecule has 1 amide bonds. The molecular formula is C13H19BrN2O. The highest BCUT2D eigenvalue weighted by atomic mass is 79.9. The van der Waals surface area contributed by atoms with Crippen LogP contribution in [-0.4, -0.2) is 30.9 Å². The van der Waals surface area contributed by atoms with Crippen LogP contribution in [0.4, 0.5) is 0 Å². The maximum absolute atomic E-state index is 11.8. The predicted octanol–water partition coefficient (Wildman–Crippen LogP) is 2.04. The summed E-state index contributed by atoms with van der Waals surface area (Å²) >= 11 is 3.44. The Bertz CT molecular complexity index is 381. The van der Waals surface area contributed by atoms with Crippen LogP contribution in [0.3, 0.4) is 0 Å². The van der Waals surface area contributed by atoms with Crippen LogP contribution in [0.1, 0.15) is 12.5 Å². The van der Waals surface area contributed by atoms with Crippen molar-refractivity contribution in [2.75, 3.05) is 20.1 Å². The van der Waals surface area contributed by atoms with Crippen LogP contribution >= 0.6 is 15.9 Å². The van der Waals surface area contributed by atoms with Crippen molar-refractivity contribution in [1.29, 1.82) is 0 Å². The van der Waals surface area contributed by atoms with Crippen molar-refractivity contribution in [3.8, 4) is 0 Å². The van der Waals surface area contributed by atoms with Gasteiger partial charge in [-0.1, -0.05) is 35.0 Å². The molecule has 0 aliphatic heterocycles. The number of hydrogen-bond donors (Lipinski definition) is 1. The van der Waals surface area contributed by atoms with E-state index in [0.29, 0.717) is 6.54 Å². The normalized spacial score (nSPS) is 12.2. The molecule has 0 aliphatic rings. The van der Waals surface area contributed by atoms with E-state index in [-0.39, 0.29) is 11.8 Å². The predicted molar refractivity (Wildman–Crippen MR) is 73.7 cm³/mol. The molecule has 1 rings (SSSR count). The first kappa shape index (κ1) is 14.2. The lowest BCUT2D eigenvalue weighted by atomic mass is 10.1. The molecule has 1 aromatic rings. The Labute approximate surface area is 111 Å². The first-order chi connectivity index (χ1) is 8.04. The number of carbonyl (C=O) groups excluding carboxylic acids is 1. The van der Waals surface area contributed by atoms with Crippen LogP contribution in [0, 0.1) is 5.92 Å². The fraction of sp³-hybridized carbons (Fsp3) is 0.462. The van der Waals surface area contributed by atoms with Crippen molar-refractivity contribution in [1.82, 2.24) is 4.90 Å². The van der Waals surface area contributed by atoms with Crippen LogP contribution in [0.2, 0.25) is 0 Å². The van der Waals surface area contributed by atoms with E-state index in [1.807, 2.05) is 26.1 Å². The number of benzene rings is 1. The molecule has 0 radical (unpaired) electrons. The van der Waals surface area contributed by atoms with Crippen molar-refractivity contribution in [2.24, 2.45) is 11.7 Å². The summed E-state index contributed by atoms with van der Waals surface area (Å²) in [7, 11) is 1.83. The molecule has 3 nitrogen and oxygen atoms in total. The van der Waals surface area contributed by atoms with Gasteiger partial charge in [0.15, 0.2) is 0 Å². The van der Waals surface area contributed by atoms with Crippen LogP contribution in [0.5, 0.6) is 0 Å². The number of carbonyl (C=O) groups is 1. The van der Waals surface area contributed by atoms with Gasteiger partial charge in [0.05, 0.1) is 0 Å². The van der Waals surface area contributed by atoms with Crippen LogP contribution in [0.25, 0.3) is 0 Å². The molecule has 94 valence electrons. The third-order valence-electron chi connectivity index (χ3n) is 2.78. The number of nitrogens with zero attached hydrogens (tertiary/aromatic N) is 1. The molecule has 0 bridgehead atoms. The number of amides is 1. The molecule has 0 aromatic heterocycles. The Balaban J connectivity index is 2.48. The molecule has 0 aliphatic carbocycles. The Morgan fingerprint density at radius 3 is 2.82 bits per heavy atom. The molecule has 0 spiro atoms. The number of likely N-dealkylation sites (N-methyl/N-ethyl adjacent to an activating group) is 1. The summed E-state index contributed by atoms with van der Waals surface area (Å²) in [5.41, 5.74) is 6.71. The fourth-order valence-electron chi connectivity index (χ4n) is 1.58. The Morgan fingerprint density at radius 2 is 2.24 bits per heavy atom. The Morgan fingerprint density at radius 1 is 1.53 bits per heavy atom. The van der Waals surface area contributed by atoms with Gasteiger partial charge in [-0.15, -0.1) is 0 Å². The summed E-state index contributed by atoms with van der Waals surface area (Å²) in [6, 6.07) is 8.14. The SMILES string of the molecule is CC(CN)C(=O)N(C)CCc1cccc(Br)c1. The van der Waals surface area contributed by atoms with Crippen LogP contribution in [0.15, 0.2) is 28.7 Å². The minimum atomic E-state index is -0.0949. The van der Waals surface area contributed by atoms with E-state index in [0.717, 1.165) is 17.4 Å². The first-order valence-corrected chi connectivity index (χ1v) is 6.53. The summed E-state index contributed by atoms with van der Waals surface area (Å²) in [5.74, 6) is 0.0185. The average Bonchev–Trinajstić information content (AvgIpc) is 2.34. The quantitative estimate of drug-likeness (QED) is 0.904. The first-order valence-electron chi connectivity index (χ1n) is 5.74. The summed E-state index contributed by atoms with van der Waals surface area (Å²) in [4.78, 5) is 13.5. The Kier molecular flexibility index (Phi) is 5.65. The summed E-state index contributed by atoms with van der Waals surface area (Å²) in [5, 5.41) is 0. The maximum Gasteiger partial charge on any atom is 0.226 e. The number of nitrogens with two attached hydrogens (primary N) is 1. The van der Waals surface area contributed by atoms with E-state index in [4.69, 9.17) is 5.73 Å². The van der Waals surface area contributed by atoms with Gasteiger partial charge in [-0.25, -0.2) is 0 Å². The van der Waals surface area contributed by atoms with Gasteiger partial charge < -0.3 is 10.6 Å². The number of hydrogen-bond acceptors (Lipinski definition) is 2. The molecule has 1 unspecified atom stereocenters. The average molecular weight is 299 g/mol. The van der Waals surface area contributed by atoms with Crippen molar-refractivity contribution in [2.45, 2.75) is 13.3 Å². The van der Waals surface area contributed by atoms with Gasteiger partial charge in [-0.05, 0) is 24.1 Å². The van der Waals surface area contributed by atoms with Crippen LogP contribution < -0.4 is 5.73 Å². The fourth-order valence-corrected chi connectivity index (χ4v) is 2.02. The zero-order chi connectivity index (χ0) is 12.8. The summed E-state index contributed by atoms with van der Waals surface area (Å²) in [6.07, 6.45) is 0.860. The highest BCUT2D eigenvalue weighted by Crippen LogP contribution is 2.12. The minimum Gasteiger partial charge on any atom is -0.345 e. The van der Waals surface area contributed by atoms with Crippen molar-refractivity contribution in [3.05, 3.63) is 34.3 Å². The van der Waals surface area contributed by atoms with E-state index >= 15 is 0 Å². The molecule has 0 heterocycles. The third-order valence-corrected chi connectivity index (χ3v) is 3.27. The zero-order valence-corrected chi connectivity index (χ0v) is 11.9. The summed E-state index contributed by atoms with van der Waals surface area (Å²) < 4.78 is 1.07.